The van der Waals surface area contributed by atoms with Crippen molar-refractivity contribution >= 4 is 29.1 Å². The molecule has 0 aliphatic carbocycles. The number of imide groups is 1. The summed E-state index contributed by atoms with van der Waals surface area (Å²) < 4.78 is 5.14. The first kappa shape index (κ1) is 18.4. The van der Waals surface area contributed by atoms with E-state index < -0.39 is 6.04 Å². The lowest BCUT2D eigenvalue weighted by molar-refractivity contribution is -0.121. The number of nitrogens with zero attached hydrogens (tertiary/aromatic N) is 1. The van der Waals surface area contributed by atoms with E-state index >= 15 is 0 Å². The summed E-state index contributed by atoms with van der Waals surface area (Å²) in [5.74, 6) is 0.368. The van der Waals surface area contributed by atoms with Gasteiger partial charge in [0.25, 0.3) is 5.91 Å². The van der Waals surface area contributed by atoms with Crippen molar-refractivity contribution in [2.45, 2.75) is 25.8 Å². The Bertz CT molecular complexity index is 820. The topological polar surface area (TPSA) is 58.6 Å². The molecule has 1 fully saturated rings. The van der Waals surface area contributed by atoms with E-state index in [4.69, 9.17) is 16.3 Å². The van der Waals surface area contributed by atoms with Gasteiger partial charge in [0.1, 0.15) is 5.75 Å². The summed E-state index contributed by atoms with van der Waals surface area (Å²) >= 11 is 6.12. The Morgan fingerprint density at radius 1 is 1.19 bits per heavy atom. The molecule has 1 heterocycles. The molecule has 1 saturated heterocycles. The lowest BCUT2D eigenvalue weighted by Crippen LogP contribution is -2.39. The summed E-state index contributed by atoms with van der Waals surface area (Å²) in [5.41, 5.74) is 2.57. The molecule has 0 saturated carbocycles. The van der Waals surface area contributed by atoms with Gasteiger partial charge in [-0.15, -0.1) is 0 Å². The molecule has 0 aromatic heterocycles. The van der Waals surface area contributed by atoms with Crippen LogP contribution in [0.5, 0.6) is 5.75 Å². The van der Waals surface area contributed by atoms with Crippen LogP contribution in [-0.2, 0) is 16.0 Å². The Hall–Kier alpha value is -2.37. The highest BCUT2D eigenvalue weighted by molar-refractivity contribution is 6.32. The van der Waals surface area contributed by atoms with Gasteiger partial charge in [-0.2, -0.15) is 0 Å². The number of nitrogens with one attached hydrogen (secondary N) is 1. The summed E-state index contributed by atoms with van der Waals surface area (Å²) in [6.45, 7) is 2.49. The number of hydrogen-bond acceptors (Lipinski definition) is 4. The van der Waals surface area contributed by atoms with Crippen molar-refractivity contribution in [3.8, 4) is 5.75 Å². The van der Waals surface area contributed by atoms with E-state index in [9.17, 15) is 9.59 Å². The van der Waals surface area contributed by atoms with Gasteiger partial charge in [0.05, 0.1) is 25.3 Å². The second-order valence-electron chi connectivity index (χ2n) is 6.31. The van der Waals surface area contributed by atoms with E-state index in [1.165, 1.54) is 4.90 Å². The van der Waals surface area contributed by atoms with Crippen LogP contribution in [0.4, 0.5) is 5.69 Å². The average Bonchev–Trinajstić information content (AvgIpc) is 2.92. The summed E-state index contributed by atoms with van der Waals surface area (Å²) in [6.07, 6.45) is 0.922. The summed E-state index contributed by atoms with van der Waals surface area (Å²) in [6, 6.07) is 12.5. The molecule has 1 N–H and O–H groups in total. The number of halogens is 1. The quantitative estimate of drug-likeness (QED) is 0.791. The van der Waals surface area contributed by atoms with Crippen molar-refractivity contribution in [3.05, 3.63) is 58.6 Å². The van der Waals surface area contributed by atoms with Crippen LogP contribution in [0, 0.1) is 6.92 Å². The summed E-state index contributed by atoms with van der Waals surface area (Å²) in [4.78, 5) is 26.1. The van der Waals surface area contributed by atoms with E-state index in [-0.39, 0.29) is 18.2 Å². The summed E-state index contributed by atoms with van der Waals surface area (Å²) in [5, 5.41) is 3.73. The van der Waals surface area contributed by atoms with E-state index in [2.05, 4.69) is 5.32 Å². The minimum atomic E-state index is -0.499. The first-order valence-corrected chi connectivity index (χ1v) is 8.86. The van der Waals surface area contributed by atoms with Crippen LogP contribution in [0.25, 0.3) is 0 Å². The Labute approximate surface area is 157 Å². The number of amides is 2. The van der Waals surface area contributed by atoms with Gasteiger partial charge in [-0.05, 0) is 55.3 Å². The molecule has 0 bridgehead atoms. The third-order valence-corrected chi connectivity index (χ3v) is 4.93. The number of benzene rings is 2. The van der Waals surface area contributed by atoms with Gasteiger partial charge in [-0.3, -0.25) is 9.59 Å². The molecule has 2 aromatic rings. The molecule has 0 radical (unpaired) electrons. The van der Waals surface area contributed by atoms with Gasteiger partial charge in [0.2, 0.25) is 5.91 Å². The van der Waals surface area contributed by atoms with Crippen molar-refractivity contribution in [3.63, 3.8) is 0 Å². The number of methoxy groups -OCH3 is 1. The van der Waals surface area contributed by atoms with Crippen molar-refractivity contribution in [2.75, 3.05) is 18.6 Å². The lowest BCUT2D eigenvalue weighted by atomic mass is 10.1. The molecule has 1 aliphatic rings. The van der Waals surface area contributed by atoms with E-state index in [0.717, 1.165) is 23.3 Å². The predicted octanol–water partition coefficient (Wildman–Crippen LogP) is 3.12. The summed E-state index contributed by atoms with van der Waals surface area (Å²) in [7, 11) is 1.63. The highest BCUT2D eigenvalue weighted by atomic mass is 35.5. The number of carbonyl (C=O) groups is 2. The largest absolute Gasteiger partial charge is 0.497 e. The number of carbonyl (C=O) groups excluding carboxylic acids is 2. The lowest BCUT2D eigenvalue weighted by Gasteiger charge is -2.16. The molecular weight excluding hydrogens is 352 g/mol. The number of rotatable bonds is 6. The predicted molar refractivity (Wildman–Crippen MR) is 102 cm³/mol. The Balaban J connectivity index is 1.60. The molecule has 2 amide bonds. The van der Waals surface area contributed by atoms with Gasteiger partial charge in [-0.25, -0.2) is 4.90 Å². The van der Waals surface area contributed by atoms with Crippen LogP contribution in [0.15, 0.2) is 42.5 Å². The van der Waals surface area contributed by atoms with E-state index in [1.54, 1.807) is 19.2 Å². The SMILES string of the molecule is COc1ccc(CCN[C@H]2CC(=O)N(c3ccc(C)c(Cl)c3)C2=O)cc1. The molecule has 0 spiro atoms. The Morgan fingerprint density at radius 3 is 2.58 bits per heavy atom. The molecule has 136 valence electrons. The molecule has 1 atom stereocenters. The normalized spacial score (nSPS) is 17.0. The number of hydrogen-bond donors (Lipinski definition) is 1. The fraction of sp³-hybridized carbons (Fsp3) is 0.300. The van der Waals surface area contributed by atoms with Gasteiger partial charge >= 0.3 is 0 Å². The molecule has 6 heteroatoms. The highest BCUT2D eigenvalue weighted by Crippen LogP contribution is 2.27. The van der Waals surface area contributed by atoms with Crippen LogP contribution in [0.2, 0.25) is 5.02 Å². The second-order valence-corrected chi connectivity index (χ2v) is 6.72. The van der Waals surface area contributed by atoms with Crippen LogP contribution >= 0.6 is 11.6 Å². The Kier molecular flexibility index (Phi) is 5.59. The van der Waals surface area contributed by atoms with Gasteiger partial charge in [-0.1, -0.05) is 29.8 Å². The van der Waals surface area contributed by atoms with E-state index in [0.29, 0.717) is 17.3 Å². The zero-order valence-corrected chi connectivity index (χ0v) is 15.5. The first-order valence-electron chi connectivity index (χ1n) is 8.49. The van der Waals surface area contributed by atoms with Gasteiger partial charge < -0.3 is 10.1 Å². The maximum Gasteiger partial charge on any atom is 0.251 e. The zero-order chi connectivity index (χ0) is 18.7. The molecule has 1 aliphatic heterocycles. The fourth-order valence-corrected chi connectivity index (χ4v) is 3.14. The molecule has 0 unspecified atom stereocenters. The zero-order valence-electron chi connectivity index (χ0n) is 14.8. The van der Waals surface area contributed by atoms with Crippen molar-refractivity contribution in [2.24, 2.45) is 0 Å². The smallest absolute Gasteiger partial charge is 0.251 e. The van der Waals surface area contributed by atoms with E-state index in [1.807, 2.05) is 37.3 Å². The standard InChI is InChI=1S/C20H21ClN2O3/c1-13-3-6-15(11-17(13)21)23-19(24)12-18(20(23)25)22-10-9-14-4-7-16(26-2)8-5-14/h3-8,11,18,22H,9-10,12H2,1-2H3/t18-/m0/s1. The van der Waals surface area contributed by atoms with Crippen LogP contribution < -0.4 is 15.0 Å². The number of anilines is 1. The van der Waals surface area contributed by atoms with Crippen LogP contribution in [0.1, 0.15) is 17.5 Å². The maximum atomic E-state index is 12.6. The second kappa shape index (κ2) is 7.89. The maximum absolute atomic E-state index is 12.6. The van der Waals surface area contributed by atoms with Gasteiger partial charge in [0.15, 0.2) is 0 Å². The van der Waals surface area contributed by atoms with Crippen LogP contribution in [-0.4, -0.2) is 31.5 Å². The highest BCUT2D eigenvalue weighted by Gasteiger charge is 2.39. The fourth-order valence-electron chi connectivity index (χ4n) is 2.97. The minimum absolute atomic E-state index is 0.160. The molecular formula is C20H21ClN2O3. The molecule has 26 heavy (non-hydrogen) atoms. The number of ether oxygens (including phenoxy) is 1. The average molecular weight is 373 g/mol. The Morgan fingerprint density at radius 2 is 1.92 bits per heavy atom. The first-order chi connectivity index (χ1) is 12.5. The molecule has 5 nitrogen and oxygen atoms in total. The van der Waals surface area contributed by atoms with Crippen molar-refractivity contribution < 1.29 is 14.3 Å². The number of aryl methyl sites for hydroxylation is 1. The minimum Gasteiger partial charge on any atom is -0.497 e. The van der Waals surface area contributed by atoms with Crippen LogP contribution in [0.3, 0.4) is 0 Å². The van der Waals surface area contributed by atoms with Crippen molar-refractivity contribution in [1.29, 1.82) is 0 Å². The van der Waals surface area contributed by atoms with Gasteiger partial charge in [0, 0.05) is 5.02 Å². The monoisotopic (exact) mass is 372 g/mol. The third kappa shape index (κ3) is 3.89. The third-order valence-electron chi connectivity index (χ3n) is 4.52. The molecule has 2 aromatic carbocycles. The molecule has 3 rings (SSSR count). The van der Waals surface area contributed by atoms with Crippen molar-refractivity contribution in [1.82, 2.24) is 5.32 Å².